The van der Waals surface area contributed by atoms with E-state index in [2.05, 4.69) is 4.98 Å². The SMILES string of the molecule is N=C(N)CC(N)c1ccccn1. The Morgan fingerprint density at radius 1 is 1.58 bits per heavy atom. The van der Waals surface area contributed by atoms with Crippen molar-refractivity contribution in [3.63, 3.8) is 0 Å². The van der Waals surface area contributed by atoms with Crippen molar-refractivity contribution >= 4 is 5.84 Å². The average molecular weight is 164 g/mol. The second-order valence-electron chi connectivity index (χ2n) is 2.59. The molecule has 0 aromatic carbocycles. The summed E-state index contributed by atoms with van der Waals surface area (Å²) in [7, 11) is 0. The molecule has 0 aliphatic heterocycles. The lowest BCUT2D eigenvalue weighted by Crippen LogP contribution is -2.20. The summed E-state index contributed by atoms with van der Waals surface area (Å²) in [6.45, 7) is 0. The number of pyridine rings is 1. The van der Waals surface area contributed by atoms with Crippen LogP contribution in [0.2, 0.25) is 0 Å². The third-order valence-electron chi connectivity index (χ3n) is 1.51. The molecular weight excluding hydrogens is 152 g/mol. The van der Waals surface area contributed by atoms with E-state index in [1.807, 2.05) is 18.2 Å². The minimum Gasteiger partial charge on any atom is -0.388 e. The van der Waals surface area contributed by atoms with Crippen molar-refractivity contribution < 1.29 is 0 Å². The molecule has 0 aliphatic rings. The van der Waals surface area contributed by atoms with Gasteiger partial charge in [-0.1, -0.05) is 6.07 Å². The van der Waals surface area contributed by atoms with E-state index in [9.17, 15) is 0 Å². The molecule has 0 bridgehead atoms. The maximum Gasteiger partial charge on any atom is 0.0925 e. The van der Waals surface area contributed by atoms with Crippen LogP contribution < -0.4 is 11.5 Å². The number of nitrogens with two attached hydrogens (primary N) is 2. The highest BCUT2D eigenvalue weighted by molar-refractivity contribution is 5.77. The van der Waals surface area contributed by atoms with Crippen LogP contribution in [-0.4, -0.2) is 10.8 Å². The van der Waals surface area contributed by atoms with Crippen molar-refractivity contribution in [2.45, 2.75) is 12.5 Å². The summed E-state index contributed by atoms with van der Waals surface area (Å²) in [5.74, 6) is 0.0909. The van der Waals surface area contributed by atoms with Gasteiger partial charge in [-0.3, -0.25) is 10.4 Å². The Balaban J connectivity index is 2.65. The molecule has 0 spiro atoms. The largest absolute Gasteiger partial charge is 0.388 e. The van der Waals surface area contributed by atoms with Crippen molar-refractivity contribution in [3.05, 3.63) is 30.1 Å². The van der Waals surface area contributed by atoms with Crippen molar-refractivity contribution in [1.29, 1.82) is 5.41 Å². The molecule has 0 amide bonds. The summed E-state index contributed by atoms with van der Waals surface area (Å²) in [6, 6.07) is 5.25. The van der Waals surface area contributed by atoms with E-state index < -0.39 is 0 Å². The minimum atomic E-state index is -0.260. The van der Waals surface area contributed by atoms with E-state index in [1.165, 1.54) is 0 Å². The van der Waals surface area contributed by atoms with Gasteiger partial charge in [0.1, 0.15) is 0 Å². The van der Waals surface area contributed by atoms with Crippen LogP contribution in [0, 0.1) is 5.41 Å². The third kappa shape index (κ3) is 2.32. The van der Waals surface area contributed by atoms with Gasteiger partial charge in [0, 0.05) is 12.6 Å². The lowest BCUT2D eigenvalue weighted by Gasteiger charge is -2.08. The monoisotopic (exact) mass is 164 g/mol. The van der Waals surface area contributed by atoms with E-state index in [4.69, 9.17) is 16.9 Å². The van der Waals surface area contributed by atoms with Gasteiger partial charge >= 0.3 is 0 Å². The molecule has 1 rings (SSSR count). The predicted octanol–water partition coefficient (Wildman–Crippen LogP) is 0.407. The molecule has 0 aliphatic carbocycles. The van der Waals surface area contributed by atoms with Crippen LogP contribution in [-0.2, 0) is 0 Å². The zero-order valence-electron chi connectivity index (χ0n) is 6.70. The van der Waals surface area contributed by atoms with Gasteiger partial charge in [0.15, 0.2) is 0 Å². The minimum absolute atomic E-state index is 0.0909. The molecule has 64 valence electrons. The van der Waals surface area contributed by atoms with E-state index >= 15 is 0 Å². The Morgan fingerprint density at radius 3 is 2.83 bits per heavy atom. The molecule has 0 saturated heterocycles. The molecule has 4 nitrogen and oxygen atoms in total. The van der Waals surface area contributed by atoms with Gasteiger partial charge in [0.2, 0.25) is 0 Å². The van der Waals surface area contributed by atoms with Crippen molar-refractivity contribution in [2.24, 2.45) is 11.5 Å². The molecule has 12 heavy (non-hydrogen) atoms. The van der Waals surface area contributed by atoms with Crippen LogP contribution in [0.1, 0.15) is 18.2 Å². The first-order valence-electron chi connectivity index (χ1n) is 3.69. The lowest BCUT2D eigenvalue weighted by molar-refractivity contribution is 0.727. The van der Waals surface area contributed by atoms with Crippen LogP contribution in [0.3, 0.4) is 0 Å². The summed E-state index contributed by atoms with van der Waals surface area (Å²) in [5, 5.41) is 7.04. The molecule has 5 N–H and O–H groups in total. The van der Waals surface area contributed by atoms with Gasteiger partial charge in [-0.15, -0.1) is 0 Å². The highest BCUT2D eigenvalue weighted by atomic mass is 14.8. The van der Waals surface area contributed by atoms with E-state index in [1.54, 1.807) is 6.20 Å². The molecule has 4 heteroatoms. The maximum absolute atomic E-state index is 7.04. The highest BCUT2D eigenvalue weighted by Crippen LogP contribution is 2.08. The first kappa shape index (κ1) is 8.67. The first-order chi connectivity index (χ1) is 5.70. The number of rotatable bonds is 3. The molecule has 1 atom stereocenters. The van der Waals surface area contributed by atoms with Gasteiger partial charge in [-0.2, -0.15) is 0 Å². The van der Waals surface area contributed by atoms with Crippen LogP contribution in [0.4, 0.5) is 0 Å². The Morgan fingerprint density at radius 2 is 2.33 bits per heavy atom. The lowest BCUT2D eigenvalue weighted by atomic mass is 10.1. The van der Waals surface area contributed by atoms with Gasteiger partial charge in [0.05, 0.1) is 17.6 Å². The van der Waals surface area contributed by atoms with E-state index in [0.29, 0.717) is 6.42 Å². The maximum atomic E-state index is 7.04. The number of nitrogens with zero attached hydrogens (tertiary/aromatic N) is 1. The molecule has 1 heterocycles. The van der Waals surface area contributed by atoms with Crippen LogP contribution >= 0.6 is 0 Å². The number of hydrogen-bond acceptors (Lipinski definition) is 3. The summed E-state index contributed by atoms with van der Waals surface area (Å²) >= 11 is 0. The Labute approximate surface area is 71.1 Å². The molecule has 0 radical (unpaired) electrons. The zero-order chi connectivity index (χ0) is 8.97. The Hall–Kier alpha value is -1.42. The topological polar surface area (TPSA) is 88.8 Å². The zero-order valence-corrected chi connectivity index (χ0v) is 6.70. The van der Waals surface area contributed by atoms with E-state index in [0.717, 1.165) is 5.69 Å². The standard InChI is InChI=1S/C8H12N4/c9-6(5-8(10)11)7-3-1-2-4-12-7/h1-4,6H,5,9H2,(H3,10,11). The fraction of sp³-hybridized carbons (Fsp3) is 0.250. The normalized spacial score (nSPS) is 12.4. The second-order valence-corrected chi connectivity index (χ2v) is 2.59. The molecule has 0 saturated carbocycles. The summed E-state index contributed by atoms with van der Waals surface area (Å²) in [5.41, 5.74) is 11.7. The number of amidine groups is 1. The molecule has 1 aromatic heterocycles. The number of aromatic nitrogens is 1. The summed E-state index contributed by atoms with van der Waals surface area (Å²) in [6.07, 6.45) is 2.03. The molecule has 0 fully saturated rings. The number of hydrogen-bond donors (Lipinski definition) is 3. The van der Waals surface area contributed by atoms with Crippen LogP contribution in [0.5, 0.6) is 0 Å². The van der Waals surface area contributed by atoms with Gasteiger partial charge in [0.25, 0.3) is 0 Å². The first-order valence-corrected chi connectivity index (χ1v) is 3.69. The van der Waals surface area contributed by atoms with Gasteiger partial charge in [-0.05, 0) is 12.1 Å². The molecular formula is C8H12N4. The van der Waals surface area contributed by atoms with Gasteiger partial charge < -0.3 is 11.5 Å². The number of nitrogens with one attached hydrogen (secondary N) is 1. The quantitative estimate of drug-likeness (QED) is 0.446. The summed E-state index contributed by atoms with van der Waals surface area (Å²) in [4.78, 5) is 4.05. The summed E-state index contributed by atoms with van der Waals surface area (Å²) < 4.78 is 0. The highest BCUT2D eigenvalue weighted by Gasteiger charge is 2.06. The van der Waals surface area contributed by atoms with Crippen LogP contribution in [0.25, 0.3) is 0 Å². The molecule has 1 aromatic rings. The predicted molar refractivity (Wildman–Crippen MR) is 47.7 cm³/mol. The Kier molecular flexibility index (Phi) is 2.76. The second kappa shape index (κ2) is 3.82. The smallest absolute Gasteiger partial charge is 0.0925 e. The fourth-order valence-electron chi connectivity index (χ4n) is 0.937. The van der Waals surface area contributed by atoms with Crippen LogP contribution in [0.15, 0.2) is 24.4 Å². The molecule has 1 unspecified atom stereocenters. The Bertz CT molecular complexity index is 257. The van der Waals surface area contributed by atoms with Crippen molar-refractivity contribution in [1.82, 2.24) is 4.98 Å². The fourth-order valence-corrected chi connectivity index (χ4v) is 0.937. The van der Waals surface area contributed by atoms with Gasteiger partial charge in [-0.25, -0.2) is 0 Å². The average Bonchev–Trinajstić information content (AvgIpc) is 2.05. The third-order valence-corrected chi connectivity index (χ3v) is 1.51. The van der Waals surface area contributed by atoms with Crippen molar-refractivity contribution in [2.75, 3.05) is 0 Å². The van der Waals surface area contributed by atoms with E-state index in [-0.39, 0.29) is 11.9 Å². The van der Waals surface area contributed by atoms with Crippen molar-refractivity contribution in [3.8, 4) is 0 Å².